The number of nitrogens with one attached hydrogen (secondary N) is 2. The Morgan fingerprint density at radius 2 is 1.89 bits per heavy atom. The molecule has 0 spiro atoms. The summed E-state index contributed by atoms with van der Waals surface area (Å²) in [7, 11) is 0. The van der Waals surface area contributed by atoms with Gasteiger partial charge in [-0.05, 0) is 44.1 Å². The van der Waals surface area contributed by atoms with Gasteiger partial charge in [0.1, 0.15) is 0 Å². The molecule has 1 amide bonds. The van der Waals surface area contributed by atoms with Crippen molar-refractivity contribution in [3.8, 4) is 0 Å². The van der Waals surface area contributed by atoms with Crippen LogP contribution in [-0.4, -0.2) is 25.0 Å². The Hall–Kier alpha value is -1.20. The van der Waals surface area contributed by atoms with Crippen molar-refractivity contribution in [3.05, 3.63) is 35.4 Å². The SMILES string of the molecule is Cl.O=C(NC1CCNCC1)c1ccc(F)c(F)c1. The van der Waals surface area contributed by atoms with E-state index in [2.05, 4.69) is 10.6 Å². The van der Waals surface area contributed by atoms with E-state index in [0.717, 1.165) is 38.1 Å². The first-order valence-electron chi connectivity index (χ1n) is 5.63. The Morgan fingerprint density at radius 1 is 1.22 bits per heavy atom. The molecular weight excluding hydrogens is 262 g/mol. The van der Waals surface area contributed by atoms with Crippen LogP contribution in [0.2, 0.25) is 0 Å². The summed E-state index contributed by atoms with van der Waals surface area (Å²) < 4.78 is 25.7. The topological polar surface area (TPSA) is 41.1 Å². The van der Waals surface area contributed by atoms with Gasteiger partial charge in [-0.3, -0.25) is 4.79 Å². The lowest BCUT2D eigenvalue weighted by Crippen LogP contribution is -2.42. The molecule has 1 aromatic rings. The van der Waals surface area contributed by atoms with Crippen molar-refractivity contribution in [3.63, 3.8) is 0 Å². The summed E-state index contributed by atoms with van der Waals surface area (Å²) in [5.74, 6) is -2.29. The monoisotopic (exact) mass is 276 g/mol. The zero-order valence-electron chi connectivity index (χ0n) is 9.71. The van der Waals surface area contributed by atoms with Crippen LogP contribution in [-0.2, 0) is 0 Å². The maximum absolute atomic E-state index is 13.0. The molecule has 2 rings (SSSR count). The van der Waals surface area contributed by atoms with Gasteiger partial charge in [0, 0.05) is 11.6 Å². The Balaban J connectivity index is 0.00000162. The lowest BCUT2D eigenvalue weighted by Gasteiger charge is -2.23. The van der Waals surface area contributed by atoms with Gasteiger partial charge in [0.05, 0.1) is 0 Å². The number of hydrogen-bond donors (Lipinski definition) is 2. The summed E-state index contributed by atoms with van der Waals surface area (Å²) in [5, 5.41) is 6.00. The second-order valence-corrected chi connectivity index (χ2v) is 4.13. The van der Waals surface area contributed by atoms with E-state index in [-0.39, 0.29) is 29.9 Å². The average Bonchev–Trinajstić information content (AvgIpc) is 2.34. The molecule has 2 N–H and O–H groups in total. The summed E-state index contributed by atoms with van der Waals surface area (Å²) in [6.07, 6.45) is 1.71. The summed E-state index contributed by atoms with van der Waals surface area (Å²) in [4.78, 5) is 11.8. The molecule has 3 nitrogen and oxygen atoms in total. The number of amides is 1. The molecule has 1 fully saturated rings. The molecule has 100 valence electrons. The molecule has 1 heterocycles. The van der Waals surface area contributed by atoms with Crippen LogP contribution in [0.1, 0.15) is 23.2 Å². The number of benzene rings is 1. The van der Waals surface area contributed by atoms with Gasteiger partial charge in [0.25, 0.3) is 5.91 Å². The van der Waals surface area contributed by atoms with E-state index in [0.29, 0.717) is 0 Å². The molecule has 0 atom stereocenters. The van der Waals surface area contributed by atoms with E-state index in [1.54, 1.807) is 0 Å². The van der Waals surface area contributed by atoms with Gasteiger partial charge in [-0.15, -0.1) is 12.4 Å². The fraction of sp³-hybridized carbons (Fsp3) is 0.417. The average molecular weight is 277 g/mol. The van der Waals surface area contributed by atoms with Crippen LogP contribution < -0.4 is 10.6 Å². The quantitative estimate of drug-likeness (QED) is 0.866. The minimum Gasteiger partial charge on any atom is -0.349 e. The number of hydrogen-bond acceptors (Lipinski definition) is 2. The van der Waals surface area contributed by atoms with Gasteiger partial charge >= 0.3 is 0 Å². The third kappa shape index (κ3) is 3.65. The summed E-state index contributed by atoms with van der Waals surface area (Å²) in [5.41, 5.74) is 0.155. The summed E-state index contributed by atoms with van der Waals surface area (Å²) in [6, 6.07) is 3.28. The Bertz CT molecular complexity index is 423. The normalized spacial score (nSPS) is 15.9. The second-order valence-electron chi connectivity index (χ2n) is 4.13. The minimum absolute atomic E-state index is 0. The Morgan fingerprint density at radius 3 is 2.50 bits per heavy atom. The van der Waals surface area contributed by atoms with Crippen molar-refractivity contribution in [1.29, 1.82) is 0 Å². The molecule has 0 radical (unpaired) electrons. The van der Waals surface area contributed by atoms with E-state index in [1.165, 1.54) is 6.07 Å². The van der Waals surface area contributed by atoms with Crippen LogP contribution in [0.3, 0.4) is 0 Å². The third-order valence-corrected chi connectivity index (χ3v) is 2.86. The first-order chi connectivity index (χ1) is 8.16. The standard InChI is InChI=1S/C12H14F2N2O.ClH/c13-10-2-1-8(7-11(10)14)12(17)16-9-3-5-15-6-4-9;/h1-2,7,9,15H,3-6H2,(H,16,17);1H. The van der Waals surface area contributed by atoms with Crippen molar-refractivity contribution in [2.45, 2.75) is 18.9 Å². The fourth-order valence-electron chi connectivity index (χ4n) is 1.87. The van der Waals surface area contributed by atoms with E-state index in [9.17, 15) is 13.6 Å². The molecule has 1 aromatic carbocycles. The fourth-order valence-corrected chi connectivity index (χ4v) is 1.87. The van der Waals surface area contributed by atoms with Gasteiger partial charge in [-0.2, -0.15) is 0 Å². The van der Waals surface area contributed by atoms with Crippen LogP contribution in [0.15, 0.2) is 18.2 Å². The number of rotatable bonds is 2. The predicted molar refractivity (Wildman–Crippen MR) is 67.0 cm³/mol. The molecule has 6 heteroatoms. The largest absolute Gasteiger partial charge is 0.349 e. The van der Waals surface area contributed by atoms with Crippen LogP contribution in [0.4, 0.5) is 8.78 Å². The number of piperidine rings is 1. The van der Waals surface area contributed by atoms with Gasteiger partial charge in [-0.25, -0.2) is 8.78 Å². The maximum atomic E-state index is 13.0. The molecule has 0 saturated carbocycles. The second kappa shape index (κ2) is 6.66. The Kier molecular flexibility index (Phi) is 5.50. The summed E-state index contributed by atoms with van der Waals surface area (Å²) >= 11 is 0. The van der Waals surface area contributed by atoms with Gasteiger partial charge in [0.2, 0.25) is 0 Å². The van der Waals surface area contributed by atoms with Crippen molar-refractivity contribution in [2.75, 3.05) is 13.1 Å². The van der Waals surface area contributed by atoms with Crippen molar-refractivity contribution in [1.82, 2.24) is 10.6 Å². The molecule has 1 aliphatic rings. The zero-order valence-corrected chi connectivity index (χ0v) is 10.5. The lowest BCUT2D eigenvalue weighted by atomic mass is 10.1. The van der Waals surface area contributed by atoms with E-state index < -0.39 is 11.6 Å². The van der Waals surface area contributed by atoms with Gasteiger partial charge in [-0.1, -0.05) is 0 Å². The predicted octanol–water partition coefficient (Wildman–Crippen LogP) is 1.87. The lowest BCUT2D eigenvalue weighted by molar-refractivity contribution is 0.0929. The van der Waals surface area contributed by atoms with Crippen LogP contribution in [0, 0.1) is 11.6 Å². The smallest absolute Gasteiger partial charge is 0.251 e. The van der Waals surface area contributed by atoms with E-state index in [1.807, 2.05) is 0 Å². The number of halogens is 3. The highest BCUT2D eigenvalue weighted by Crippen LogP contribution is 2.10. The molecular formula is C12H15ClF2N2O. The molecule has 0 unspecified atom stereocenters. The first-order valence-corrected chi connectivity index (χ1v) is 5.63. The van der Waals surface area contributed by atoms with E-state index in [4.69, 9.17) is 0 Å². The highest BCUT2D eigenvalue weighted by Gasteiger charge is 2.17. The molecule has 0 bridgehead atoms. The van der Waals surface area contributed by atoms with Crippen molar-refractivity contribution in [2.24, 2.45) is 0 Å². The maximum Gasteiger partial charge on any atom is 0.251 e. The molecule has 0 aliphatic carbocycles. The van der Waals surface area contributed by atoms with Crippen molar-refractivity contribution < 1.29 is 13.6 Å². The third-order valence-electron chi connectivity index (χ3n) is 2.86. The number of carbonyl (C=O) groups excluding carboxylic acids is 1. The first kappa shape index (κ1) is 14.9. The minimum atomic E-state index is -0.997. The van der Waals surface area contributed by atoms with Crippen LogP contribution >= 0.6 is 12.4 Å². The molecule has 18 heavy (non-hydrogen) atoms. The molecule has 1 saturated heterocycles. The van der Waals surface area contributed by atoms with Crippen LogP contribution in [0.5, 0.6) is 0 Å². The van der Waals surface area contributed by atoms with Gasteiger partial charge in [0.15, 0.2) is 11.6 Å². The van der Waals surface area contributed by atoms with Crippen molar-refractivity contribution >= 4 is 18.3 Å². The highest BCUT2D eigenvalue weighted by molar-refractivity contribution is 5.94. The van der Waals surface area contributed by atoms with Gasteiger partial charge < -0.3 is 10.6 Å². The molecule has 1 aliphatic heterocycles. The zero-order chi connectivity index (χ0) is 12.3. The molecule has 0 aromatic heterocycles. The number of carbonyl (C=O) groups is 1. The summed E-state index contributed by atoms with van der Waals surface area (Å²) in [6.45, 7) is 1.73. The Labute approximate surface area is 110 Å². The van der Waals surface area contributed by atoms with Crippen LogP contribution in [0.25, 0.3) is 0 Å². The highest BCUT2D eigenvalue weighted by atomic mass is 35.5. The van der Waals surface area contributed by atoms with E-state index >= 15 is 0 Å².